The van der Waals surface area contributed by atoms with Gasteiger partial charge in [-0.25, -0.2) is 0 Å². The van der Waals surface area contributed by atoms with Crippen LogP contribution in [0.15, 0.2) is 36.2 Å². The van der Waals surface area contributed by atoms with Crippen molar-refractivity contribution in [3.05, 3.63) is 58.4 Å². The number of aryl methyl sites for hydroxylation is 1. The van der Waals surface area contributed by atoms with E-state index in [4.69, 9.17) is 0 Å². The Hall–Kier alpha value is -2.09. The average molecular weight is 225 g/mol. The molecule has 0 radical (unpaired) electrons. The Morgan fingerprint density at radius 2 is 2.12 bits per heavy atom. The van der Waals surface area contributed by atoms with Gasteiger partial charge in [0, 0.05) is 10.9 Å². The Morgan fingerprint density at radius 3 is 2.71 bits per heavy atom. The molecule has 0 saturated carbocycles. The molecule has 0 aliphatic heterocycles. The third kappa shape index (κ3) is 1.82. The molecule has 1 heterocycles. The fourth-order valence-electron chi connectivity index (χ4n) is 1.95. The quantitative estimate of drug-likeness (QED) is 0.833. The number of hydrogen-bond donors (Lipinski definition) is 1. The summed E-state index contributed by atoms with van der Waals surface area (Å²) in [7, 11) is 0. The highest BCUT2D eigenvalue weighted by atomic mass is 16.1. The molecule has 2 rings (SSSR count). The second kappa shape index (κ2) is 4.06. The van der Waals surface area contributed by atoms with E-state index < -0.39 is 0 Å². The lowest BCUT2D eigenvalue weighted by atomic mass is 10.0. The Kier molecular flexibility index (Phi) is 2.72. The molecule has 0 unspecified atom stereocenters. The van der Waals surface area contributed by atoms with Gasteiger partial charge in [-0.15, -0.1) is 0 Å². The topological polar surface area (TPSA) is 32.9 Å². The number of rotatable bonds is 2. The fraction of sp³-hybridized carbons (Fsp3) is 0.133. The van der Waals surface area contributed by atoms with Gasteiger partial charge in [-0.05, 0) is 37.1 Å². The van der Waals surface area contributed by atoms with Crippen LogP contribution in [0.5, 0.6) is 0 Å². The normalized spacial score (nSPS) is 10.5. The van der Waals surface area contributed by atoms with E-state index in [0.29, 0.717) is 10.9 Å². The van der Waals surface area contributed by atoms with E-state index in [1.54, 1.807) is 6.08 Å². The molecule has 0 saturated heterocycles. The standard InChI is InChI=1S/C15H15NO/c1-5-11-14(9(2)3)16-13-8-10(4)6-7-12(13)15(11)17/h5-8H,1-2H2,3-4H3,(H,16,17). The third-order valence-corrected chi connectivity index (χ3v) is 2.82. The molecular weight excluding hydrogens is 210 g/mol. The van der Waals surface area contributed by atoms with Gasteiger partial charge >= 0.3 is 0 Å². The van der Waals surface area contributed by atoms with Crippen molar-refractivity contribution < 1.29 is 0 Å². The lowest BCUT2D eigenvalue weighted by Gasteiger charge is -2.08. The highest BCUT2D eigenvalue weighted by Gasteiger charge is 2.09. The molecule has 86 valence electrons. The molecule has 17 heavy (non-hydrogen) atoms. The van der Waals surface area contributed by atoms with Crippen LogP contribution in [0.4, 0.5) is 0 Å². The molecule has 0 atom stereocenters. The molecule has 2 nitrogen and oxygen atoms in total. The fourth-order valence-corrected chi connectivity index (χ4v) is 1.95. The maximum Gasteiger partial charge on any atom is 0.197 e. The van der Waals surface area contributed by atoms with Gasteiger partial charge in [0.15, 0.2) is 5.43 Å². The molecular formula is C15H15NO. The Bertz CT molecular complexity index is 677. The summed E-state index contributed by atoms with van der Waals surface area (Å²) >= 11 is 0. The molecule has 2 heteroatoms. The zero-order chi connectivity index (χ0) is 12.6. The summed E-state index contributed by atoms with van der Waals surface area (Å²) in [6.45, 7) is 11.5. The first-order valence-corrected chi connectivity index (χ1v) is 5.49. The van der Waals surface area contributed by atoms with Crippen molar-refractivity contribution in [1.82, 2.24) is 4.98 Å². The van der Waals surface area contributed by atoms with Crippen LogP contribution in [0.3, 0.4) is 0 Å². The van der Waals surface area contributed by atoms with Gasteiger partial charge in [-0.3, -0.25) is 4.79 Å². The van der Waals surface area contributed by atoms with E-state index in [1.807, 2.05) is 32.0 Å². The van der Waals surface area contributed by atoms with Crippen LogP contribution in [0.2, 0.25) is 0 Å². The first kappa shape index (κ1) is 11.4. The summed E-state index contributed by atoms with van der Waals surface area (Å²) in [6, 6.07) is 5.75. The van der Waals surface area contributed by atoms with Crippen molar-refractivity contribution >= 4 is 22.6 Å². The third-order valence-electron chi connectivity index (χ3n) is 2.82. The summed E-state index contributed by atoms with van der Waals surface area (Å²) < 4.78 is 0. The average Bonchev–Trinajstić information content (AvgIpc) is 2.28. The summed E-state index contributed by atoms with van der Waals surface area (Å²) in [6.07, 6.45) is 1.59. The number of H-pyrrole nitrogens is 1. The Labute approximate surface area is 100 Å². The number of hydrogen-bond acceptors (Lipinski definition) is 1. The van der Waals surface area contributed by atoms with Crippen LogP contribution in [-0.4, -0.2) is 4.98 Å². The molecule has 1 aromatic carbocycles. The Morgan fingerprint density at radius 1 is 1.41 bits per heavy atom. The van der Waals surface area contributed by atoms with Gasteiger partial charge in [-0.2, -0.15) is 0 Å². The zero-order valence-corrected chi connectivity index (χ0v) is 10.1. The van der Waals surface area contributed by atoms with Crippen molar-refractivity contribution in [3.8, 4) is 0 Å². The van der Waals surface area contributed by atoms with Crippen molar-refractivity contribution in [1.29, 1.82) is 0 Å². The number of benzene rings is 1. The van der Waals surface area contributed by atoms with Crippen LogP contribution >= 0.6 is 0 Å². The first-order valence-electron chi connectivity index (χ1n) is 5.49. The summed E-state index contributed by atoms with van der Waals surface area (Å²) in [4.78, 5) is 15.5. The predicted molar refractivity (Wildman–Crippen MR) is 74.1 cm³/mol. The number of allylic oxidation sites excluding steroid dienone is 1. The number of aromatic nitrogens is 1. The molecule has 0 bridgehead atoms. The molecule has 2 aromatic rings. The van der Waals surface area contributed by atoms with Crippen LogP contribution in [0.1, 0.15) is 23.7 Å². The number of pyridine rings is 1. The van der Waals surface area contributed by atoms with E-state index >= 15 is 0 Å². The minimum Gasteiger partial charge on any atom is -0.354 e. The molecule has 0 spiro atoms. The van der Waals surface area contributed by atoms with Crippen LogP contribution in [0, 0.1) is 6.92 Å². The highest BCUT2D eigenvalue weighted by molar-refractivity contribution is 5.85. The molecule has 0 amide bonds. The second-order valence-corrected chi connectivity index (χ2v) is 4.28. The van der Waals surface area contributed by atoms with Crippen molar-refractivity contribution in [2.75, 3.05) is 0 Å². The number of fused-ring (bicyclic) bond motifs is 1. The highest BCUT2D eigenvalue weighted by Crippen LogP contribution is 2.18. The number of aromatic amines is 1. The van der Waals surface area contributed by atoms with Crippen molar-refractivity contribution in [2.45, 2.75) is 13.8 Å². The molecule has 0 fully saturated rings. The number of nitrogens with one attached hydrogen (secondary N) is 1. The van der Waals surface area contributed by atoms with Gasteiger partial charge < -0.3 is 4.98 Å². The minimum absolute atomic E-state index is 0.00625. The minimum atomic E-state index is 0.00625. The lowest BCUT2D eigenvalue weighted by molar-refractivity contribution is 1.29. The SMILES string of the molecule is C=Cc1c(C(=C)C)[nH]c2cc(C)ccc2c1=O. The largest absolute Gasteiger partial charge is 0.354 e. The van der Waals surface area contributed by atoms with E-state index in [9.17, 15) is 4.79 Å². The summed E-state index contributed by atoms with van der Waals surface area (Å²) in [5.74, 6) is 0. The molecule has 0 aliphatic rings. The molecule has 1 N–H and O–H groups in total. The lowest BCUT2D eigenvalue weighted by Crippen LogP contribution is -2.10. The van der Waals surface area contributed by atoms with Gasteiger partial charge in [0.05, 0.1) is 11.2 Å². The van der Waals surface area contributed by atoms with Gasteiger partial charge in [0.2, 0.25) is 0 Å². The van der Waals surface area contributed by atoms with E-state index in [0.717, 1.165) is 22.3 Å². The summed E-state index contributed by atoms with van der Waals surface area (Å²) in [5, 5.41) is 0.690. The molecule has 1 aromatic heterocycles. The van der Waals surface area contributed by atoms with E-state index in [1.165, 1.54) is 0 Å². The monoisotopic (exact) mass is 225 g/mol. The van der Waals surface area contributed by atoms with E-state index in [2.05, 4.69) is 18.1 Å². The summed E-state index contributed by atoms with van der Waals surface area (Å²) in [5.41, 5.74) is 4.16. The smallest absolute Gasteiger partial charge is 0.197 e. The van der Waals surface area contributed by atoms with Crippen molar-refractivity contribution in [3.63, 3.8) is 0 Å². The predicted octanol–water partition coefficient (Wildman–Crippen LogP) is 3.51. The second-order valence-electron chi connectivity index (χ2n) is 4.28. The van der Waals surface area contributed by atoms with Gasteiger partial charge in [0.1, 0.15) is 0 Å². The first-order chi connectivity index (χ1) is 8.04. The maximum atomic E-state index is 12.3. The van der Waals surface area contributed by atoms with Gasteiger partial charge in [0.25, 0.3) is 0 Å². The van der Waals surface area contributed by atoms with Crippen molar-refractivity contribution in [2.24, 2.45) is 0 Å². The van der Waals surface area contributed by atoms with E-state index in [-0.39, 0.29) is 5.43 Å². The van der Waals surface area contributed by atoms with Crippen LogP contribution in [0.25, 0.3) is 22.6 Å². The molecule has 0 aliphatic carbocycles. The van der Waals surface area contributed by atoms with Gasteiger partial charge in [-0.1, -0.05) is 25.3 Å². The van der Waals surface area contributed by atoms with Crippen LogP contribution in [-0.2, 0) is 0 Å². The maximum absolute atomic E-state index is 12.3. The Balaban J connectivity index is 2.98. The van der Waals surface area contributed by atoms with Crippen LogP contribution < -0.4 is 5.43 Å². The zero-order valence-electron chi connectivity index (χ0n) is 10.1.